The Balaban J connectivity index is 2.64. The molecule has 0 aliphatic rings. The van der Waals surface area contributed by atoms with Crippen LogP contribution in [-0.4, -0.2) is 35.5 Å². The molecule has 0 aromatic heterocycles. The zero-order valence-electron chi connectivity index (χ0n) is 16.0. The lowest BCUT2D eigenvalue weighted by molar-refractivity contribution is 0.294. The maximum Gasteiger partial charge on any atom is 0.306 e. The lowest BCUT2D eigenvalue weighted by atomic mass is 10.0. The first kappa shape index (κ1) is 22.3. The Kier molecular flexibility index (Phi) is 7.54. The largest absolute Gasteiger partial charge is 0.496 e. The van der Waals surface area contributed by atoms with Crippen LogP contribution < -0.4 is 18.4 Å². The minimum atomic E-state index is -3.89. The Morgan fingerprint density at radius 2 is 1.79 bits per heavy atom. The van der Waals surface area contributed by atoms with E-state index in [1.807, 2.05) is 6.92 Å². The fourth-order valence-electron chi connectivity index (χ4n) is 2.54. The van der Waals surface area contributed by atoms with E-state index in [0.717, 1.165) is 19.1 Å². The van der Waals surface area contributed by atoms with Crippen molar-refractivity contribution < 1.29 is 31.2 Å². The van der Waals surface area contributed by atoms with Crippen LogP contribution >= 0.6 is 15.9 Å². The standard InChI is InChI=1S/C19H22BrFO6S/c1-5-6-9-26-15-8-7-12(10-14(15)21)17-16(24-2)11-13(20)18(25-3)19(17)27-28(4,22)23/h7-8,10-11H,5-6,9H2,1-4H3. The van der Waals surface area contributed by atoms with Crippen molar-refractivity contribution in [2.75, 3.05) is 27.1 Å². The van der Waals surface area contributed by atoms with Gasteiger partial charge in [0.2, 0.25) is 0 Å². The van der Waals surface area contributed by atoms with E-state index in [1.54, 1.807) is 12.1 Å². The quantitative estimate of drug-likeness (QED) is 0.382. The molecule has 0 radical (unpaired) electrons. The number of unbranched alkanes of at least 4 members (excludes halogenated alkanes) is 1. The van der Waals surface area contributed by atoms with Crippen molar-refractivity contribution >= 4 is 26.0 Å². The monoisotopic (exact) mass is 476 g/mol. The van der Waals surface area contributed by atoms with Gasteiger partial charge in [0.1, 0.15) is 5.75 Å². The van der Waals surface area contributed by atoms with Crippen molar-refractivity contribution in [3.8, 4) is 34.1 Å². The molecule has 0 saturated carbocycles. The van der Waals surface area contributed by atoms with Gasteiger partial charge in [-0.15, -0.1) is 0 Å². The van der Waals surface area contributed by atoms with E-state index < -0.39 is 15.9 Å². The zero-order valence-corrected chi connectivity index (χ0v) is 18.4. The minimum absolute atomic E-state index is 0.102. The van der Waals surface area contributed by atoms with Crippen LogP contribution in [0.2, 0.25) is 0 Å². The van der Waals surface area contributed by atoms with Crippen molar-refractivity contribution in [1.82, 2.24) is 0 Å². The van der Waals surface area contributed by atoms with Crippen LogP contribution in [0.15, 0.2) is 28.7 Å². The Hall–Kier alpha value is -2.00. The van der Waals surface area contributed by atoms with Crippen molar-refractivity contribution in [3.63, 3.8) is 0 Å². The number of rotatable bonds is 9. The molecule has 154 valence electrons. The molecule has 2 rings (SSSR count). The van der Waals surface area contributed by atoms with Crippen LogP contribution in [0.4, 0.5) is 4.39 Å². The van der Waals surface area contributed by atoms with Gasteiger partial charge in [0.05, 0.1) is 37.1 Å². The van der Waals surface area contributed by atoms with E-state index in [1.165, 1.54) is 26.4 Å². The molecule has 9 heteroatoms. The molecule has 0 N–H and O–H groups in total. The fraction of sp³-hybridized carbons (Fsp3) is 0.368. The first-order valence-electron chi connectivity index (χ1n) is 8.48. The summed E-state index contributed by atoms with van der Waals surface area (Å²) in [5.74, 6) is -0.140. The Bertz CT molecular complexity index is 946. The highest BCUT2D eigenvalue weighted by atomic mass is 79.9. The summed E-state index contributed by atoms with van der Waals surface area (Å²) in [5, 5.41) is 0. The molecule has 2 aromatic carbocycles. The Morgan fingerprint density at radius 3 is 2.32 bits per heavy atom. The maximum absolute atomic E-state index is 14.6. The molecule has 0 spiro atoms. The van der Waals surface area contributed by atoms with E-state index in [-0.39, 0.29) is 28.6 Å². The van der Waals surface area contributed by atoms with Gasteiger partial charge in [-0.25, -0.2) is 4.39 Å². The Labute approximate surface area is 172 Å². The summed E-state index contributed by atoms with van der Waals surface area (Å²) >= 11 is 3.30. The van der Waals surface area contributed by atoms with Crippen LogP contribution in [0, 0.1) is 5.82 Å². The van der Waals surface area contributed by atoms with Gasteiger partial charge in [-0.3, -0.25) is 0 Å². The third-order valence-corrected chi connectivity index (χ3v) is 4.85. The molecule has 0 bridgehead atoms. The van der Waals surface area contributed by atoms with Gasteiger partial charge in [-0.2, -0.15) is 8.42 Å². The minimum Gasteiger partial charge on any atom is -0.496 e. The molecule has 0 aliphatic heterocycles. The number of halogens is 2. The summed E-state index contributed by atoms with van der Waals surface area (Å²) in [6, 6.07) is 5.91. The van der Waals surface area contributed by atoms with Crippen molar-refractivity contribution in [2.24, 2.45) is 0 Å². The predicted molar refractivity (Wildman–Crippen MR) is 109 cm³/mol. The van der Waals surface area contributed by atoms with Gasteiger partial charge in [-0.1, -0.05) is 19.4 Å². The molecule has 0 amide bonds. The van der Waals surface area contributed by atoms with Gasteiger partial charge in [0, 0.05) is 0 Å². The smallest absolute Gasteiger partial charge is 0.306 e. The van der Waals surface area contributed by atoms with Crippen molar-refractivity contribution in [1.29, 1.82) is 0 Å². The van der Waals surface area contributed by atoms with Crippen LogP contribution in [0.5, 0.6) is 23.0 Å². The van der Waals surface area contributed by atoms with Gasteiger partial charge < -0.3 is 18.4 Å². The molecule has 0 aliphatic carbocycles. The normalized spacial score (nSPS) is 11.2. The van der Waals surface area contributed by atoms with E-state index in [2.05, 4.69) is 15.9 Å². The second kappa shape index (κ2) is 9.47. The van der Waals surface area contributed by atoms with Crippen LogP contribution in [-0.2, 0) is 10.1 Å². The van der Waals surface area contributed by atoms with Crippen LogP contribution in [0.1, 0.15) is 19.8 Å². The molecular weight excluding hydrogens is 455 g/mol. The maximum atomic E-state index is 14.6. The second-order valence-corrected chi connectivity index (χ2v) is 8.36. The van der Waals surface area contributed by atoms with Crippen molar-refractivity contribution in [3.05, 3.63) is 34.6 Å². The van der Waals surface area contributed by atoms with Crippen molar-refractivity contribution in [2.45, 2.75) is 19.8 Å². The Morgan fingerprint density at radius 1 is 1.07 bits per heavy atom. The fourth-order valence-corrected chi connectivity index (χ4v) is 3.55. The lowest BCUT2D eigenvalue weighted by Crippen LogP contribution is -2.09. The highest BCUT2D eigenvalue weighted by Gasteiger charge is 2.25. The van der Waals surface area contributed by atoms with E-state index in [0.29, 0.717) is 16.6 Å². The van der Waals surface area contributed by atoms with Gasteiger partial charge >= 0.3 is 10.1 Å². The summed E-state index contributed by atoms with van der Waals surface area (Å²) in [7, 11) is -1.10. The second-order valence-electron chi connectivity index (χ2n) is 5.93. The number of ether oxygens (including phenoxy) is 3. The molecule has 0 heterocycles. The topological polar surface area (TPSA) is 71.1 Å². The summed E-state index contributed by atoms with van der Waals surface area (Å²) in [5.41, 5.74) is 0.591. The average molecular weight is 477 g/mol. The number of hydrogen-bond acceptors (Lipinski definition) is 6. The molecule has 0 saturated heterocycles. The molecule has 0 unspecified atom stereocenters. The summed E-state index contributed by atoms with van der Waals surface area (Å²) in [6.45, 7) is 2.42. The summed E-state index contributed by atoms with van der Waals surface area (Å²) < 4.78 is 59.9. The summed E-state index contributed by atoms with van der Waals surface area (Å²) in [4.78, 5) is 0. The summed E-state index contributed by atoms with van der Waals surface area (Å²) in [6.07, 6.45) is 2.65. The average Bonchev–Trinajstić information content (AvgIpc) is 2.61. The molecule has 2 aromatic rings. The van der Waals surface area contributed by atoms with E-state index in [4.69, 9.17) is 18.4 Å². The first-order chi connectivity index (χ1) is 13.2. The zero-order chi connectivity index (χ0) is 20.9. The van der Waals surface area contributed by atoms with Crippen LogP contribution in [0.25, 0.3) is 11.1 Å². The highest BCUT2D eigenvalue weighted by molar-refractivity contribution is 9.10. The molecule has 6 nitrogen and oxygen atoms in total. The van der Waals surface area contributed by atoms with E-state index >= 15 is 0 Å². The molecule has 0 atom stereocenters. The van der Waals surface area contributed by atoms with E-state index in [9.17, 15) is 12.8 Å². The number of methoxy groups -OCH3 is 2. The highest BCUT2D eigenvalue weighted by Crippen LogP contribution is 2.49. The molecular formula is C19H22BrFO6S. The first-order valence-corrected chi connectivity index (χ1v) is 11.1. The third-order valence-electron chi connectivity index (χ3n) is 3.79. The third kappa shape index (κ3) is 5.29. The molecule has 28 heavy (non-hydrogen) atoms. The number of benzene rings is 2. The van der Waals surface area contributed by atoms with Crippen LogP contribution in [0.3, 0.4) is 0 Å². The predicted octanol–water partition coefficient (Wildman–Crippen LogP) is 4.79. The van der Waals surface area contributed by atoms with Gasteiger partial charge in [0.25, 0.3) is 0 Å². The lowest BCUT2D eigenvalue weighted by Gasteiger charge is -2.19. The van der Waals surface area contributed by atoms with Gasteiger partial charge in [0.15, 0.2) is 23.1 Å². The number of hydrogen-bond donors (Lipinski definition) is 0. The van der Waals surface area contributed by atoms with Gasteiger partial charge in [-0.05, 0) is 46.1 Å². The SMILES string of the molecule is CCCCOc1ccc(-c2c(OC)cc(Br)c(OC)c2OS(C)(=O)=O)cc1F. The molecule has 0 fully saturated rings.